The second-order valence-corrected chi connectivity index (χ2v) is 3.82. The van der Waals surface area contributed by atoms with Crippen molar-refractivity contribution in [3.8, 4) is 11.1 Å². The van der Waals surface area contributed by atoms with Crippen molar-refractivity contribution in [1.29, 1.82) is 0 Å². The Hall–Kier alpha value is -1.83. The molecule has 2 aromatic rings. The van der Waals surface area contributed by atoms with E-state index >= 15 is 0 Å². The van der Waals surface area contributed by atoms with Crippen LogP contribution in [0.3, 0.4) is 0 Å². The molecule has 0 saturated carbocycles. The maximum Gasteiger partial charge on any atom is 0.0346 e. The summed E-state index contributed by atoms with van der Waals surface area (Å²) >= 11 is 0. The molecular weight excluding hydrogens is 184 g/mol. The first-order valence-electron chi connectivity index (χ1n) is 4.95. The van der Waals surface area contributed by atoms with Gasteiger partial charge in [-0.2, -0.15) is 0 Å². The Balaban J connectivity index is 2.50. The Bertz CT molecular complexity index is 490. The Morgan fingerprint density at radius 2 is 1.80 bits per heavy atom. The highest BCUT2D eigenvalue weighted by Gasteiger charge is 2.00. The van der Waals surface area contributed by atoms with E-state index in [0.29, 0.717) is 0 Å². The zero-order chi connectivity index (χ0) is 10.8. The predicted octanol–water partition coefficient (Wildman–Crippen LogP) is 2.95. The Morgan fingerprint density at radius 3 is 2.47 bits per heavy atom. The number of benzene rings is 1. The zero-order valence-corrected chi connectivity index (χ0v) is 8.99. The van der Waals surface area contributed by atoms with Gasteiger partial charge in [-0.15, -0.1) is 0 Å². The lowest BCUT2D eigenvalue weighted by Crippen LogP contribution is -1.90. The molecule has 0 aliphatic carbocycles. The molecule has 0 unspecified atom stereocenters. The van der Waals surface area contributed by atoms with Crippen LogP contribution in [0.1, 0.15) is 11.1 Å². The molecule has 2 heteroatoms. The highest BCUT2D eigenvalue weighted by Crippen LogP contribution is 2.23. The van der Waals surface area contributed by atoms with E-state index in [9.17, 15) is 0 Å². The molecule has 0 amide bonds. The van der Waals surface area contributed by atoms with Crippen molar-refractivity contribution in [2.75, 3.05) is 5.73 Å². The molecule has 0 atom stereocenters. The molecule has 15 heavy (non-hydrogen) atoms. The molecule has 1 aromatic heterocycles. The Labute approximate surface area is 89.8 Å². The second kappa shape index (κ2) is 3.73. The zero-order valence-electron chi connectivity index (χ0n) is 8.99. The minimum atomic E-state index is 0.833. The van der Waals surface area contributed by atoms with Crippen molar-refractivity contribution >= 4 is 5.69 Å². The normalized spacial score (nSPS) is 10.3. The summed E-state index contributed by atoms with van der Waals surface area (Å²) in [6.45, 7) is 4.06. The molecule has 2 nitrogen and oxygen atoms in total. The molecule has 0 bridgehead atoms. The van der Waals surface area contributed by atoms with Gasteiger partial charge in [0.15, 0.2) is 0 Å². The van der Waals surface area contributed by atoms with Crippen molar-refractivity contribution < 1.29 is 0 Å². The van der Waals surface area contributed by atoms with E-state index in [0.717, 1.165) is 22.4 Å². The summed E-state index contributed by atoms with van der Waals surface area (Å²) in [5.41, 5.74) is 11.2. The number of pyridine rings is 1. The van der Waals surface area contributed by atoms with E-state index in [4.69, 9.17) is 5.73 Å². The molecule has 0 aliphatic rings. The quantitative estimate of drug-likeness (QED) is 0.715. The first-order chi connectivity index (χ1) is 7.16. The minimum absolute atomic E-state index is 0.833. The first kappa shape index (κ1) is 9.71. The van der Waals surface area contributed by atoms with Crippen molar-refractivity contribution in [2.45, 2.75) is 13.8 Å². The molecule has 2 rings (SSSR count). The van der Waals surface area contributed by atoms with Crippen LogP contribution in [0.2, 0.25) is 0 Å². The first-order valence-corrected chi connectivity index (χ1v) is 4.95. The third-order valence-electron chi connectivity index (χ3n) is 2.48. The van der Waals surface area contributed by atoms with Gasteiger partial charge in [0, 0.05) is 23.6 Å². The highest BCUT2D eigenvalue weighted by atomic mass is 14.6. The number of nitrogen functional groups attached to an aromatic ring is 1. The SMILES string of the molecule is Cc1cncc(-c2ccc(N)c(C)c2)c1. The van der Waals surface area contributed by atoms with Crippen LogP contribution in [0.4, 0.5) is 5.69 Å². The summed E-state index contributed by atoms with van der Waals surface area (Å²) in [5, 5.41) is 0. The number of aryl methyl sites for hydroxylation is 2. The average Bonchev–Trinajstić information content (AvgIpc) is 2.22. The Morgan fingerprint density at radius 1 is 1.00 bits per heavy atom. The fraction of sp³-hybridized carbons (Fsp3) is 0.154. The van der Waals surface area contributed by atoms with Crippen LogP contribution in [-0.2, 0) is 0 Å². The van der Waals surface area contributed by atoms with Crippen molar-refractivity contribution in [3.63, 3.8) is 0 Å². The van der Waals surface area contributed by atoms with Gasteiger partial charge in [-0.05, 0) is 48.7 Å². The van der Waals surface area contributed by atoms with E-state index in [1.54, 1.807) is 0 Å². The van der Waals surface area contributed by atoms with E-state index in [2.05, 4.69) is 17.1 Å². The molecule has 1 aromatic carbocycles. The number of nitrogens with two attached hydrogens (primary N) is 1. The minimum Gasteiger partial charge on any atom is -0.399 e. The molecule has 0 aliphatic heterocycles. The average molecular weight is 198 g/mol. The van der Waals surface area contributed by atoms with Gasteiger partial charge < -0.3 is 5.73 Å². The molecule has 0 spiro atoms. The fourth-order valence-electron chi connectivity index (χ4n) is 1.57. The smallest absolute Gasteiger partial charge is 0.0346 e. The maximum atomic E-state index is 5.78. The van der Waals surface area contributed by atoms with Crippen molar-refractivity contribution in [3.05, 3.63) is 47.8 Å². The highest BCUT2D eigenvalue weighted by molar-refractivity contribution is 5.67. The lowest BCUT2D eigenvalue weighted by molar-refractivity contribution is 1.27. The largest absolute Gasteiger partial charge is 0.399 e. The van der Waals surface area contributed by atoms with Gasteiger partial charge in [-0.3, -0.25) is 4.98 Å². The number of hydrogen-bond acceptors (Lipinski definition) is 2. The summed E-state index contributed by atoms with van der Waals surface area (Å²) < 4.78 is 0. The lowest BCUT2D eigenvalue weighted by atomic mass is 10.0. The van der Waals surface area contributed by atoms with Crippen LogP contribution in [0.25, 0.3) is 11.1 Å². The van der Waals surface area contributed by atoms with E-state index in [-0.39, 0.29) is 0 Å². The second-order valence-electron chi connectivity index (χ2n) is 3.82. The Kier molecular flexibility index (Phi) is 2.42. The monoisotopic (exact) mass is 198 g/mol. The van der Waals surface area contributed by atoms with Gasteiger partial charge in [0.05, 0.1) is 0 Å². The van der Waals surface area contributed by atoms with E-state index in [1.807, 2.05) is 38.4 Å². The molecule has 0 saturated heterocycles. The third kappa shape index (κ3) is 1.99. The standard InChI is InChI=1S/C13H14N2/c1-9-5-12(8-15-7-9)11-3-4-13(14)10(2)6-11/h3-8H,14H2,1-2H3. The number of aromatic nitrogens is 1. The summed E-state index contributed by atoms with van der Waals surface area (Å²) in [7, 11) is 0. The summed E-state index contributed by atoms with van der Waals surface area (Å²) in [4.78, 5) is 4.18. The van der Waals surface area contributed by atoms with Gasteiger partial charge in [0.2, 0.25) is 0 Å². The maximum absolute atomic E-state index is 5.78. The number of nitrogens with zero attached hydrogens (tertiary/aromatic N) is 1. The number of anilines is 1. The van der Waals surface area contributed by atoms with Gasteiger partial charge in [0.25, 0.3) is 0 Å². The molecule has 1 heterocycles. The summed E-state index contributed by atoms with van der Waals surface area (Å²) in [5.74, 6) is 0. The molecule has 2 N–H and O–H groups in total. The van der Waals surface area contributed by atoms with Crippen LogP contribution in [0, 0.1) is 13.8 Å². The molecular formula is C13H14N2. The fourth-order valence-corrected chi connectivity index (χ4v) is 1.57. The van der Waals surface area contributed by atoms with E-state index < -0.39 is 0 Å². The van der Waals surface area contributed by atoms with Crippen LogP contribution in [0.15, 0.2) is 36.7 Å². The number of rotatable bonds is 1. The summed E-state index contributed by atoms with van der Waals surface area (Å²) in [6, 6.07) is 8.18. The van der Waals surface area contributed by atoms with Crippen LogP contribution in [-0.4, -0.2) is 4.98 Å². The van der Waals surface area contributed by atoms with E-state index in [1.165, 1.54) is 5.56 Å². The molecule has 0 fully saturated rings. The number of hydrogen-bond donors (Lipinski definition) is 1. The lowest BCUT2D eigenvalue weighted by Gasteiger charge is -2.05. The van der Waals surface area contributed by atoms with Gasteiger partial charge in [-0.1, -0.05) is 6.07 Å². The van der Waals surface area contributed by atoms with Gasteiger partial charge >= 0.3 is 0 Å². The van der Waals surface area contributed by atoms with Crippen LogP contribution >= 0.6 is 0 Å². The molecule has 0 radical (unpaired) electrons. The van der Waals surface area contributed by atoms with Crippen LogP contribution in [0.5, 0.6) is 0 Å². The van der Waals surface area contributed by atoms with Crippen molar-refractivity contribution in [1.82, 2.24) is 4.98 Å². The summed E-state index contributed by atoms with van der Waals surface area (Å²) in [6.07, 6.45) is 3.73. The third-order valence-corrected chi connectivity index (χ3v) is 2.48. The van der Waals surface area contributed by atoms with Crippen LogP contribution < -0.4 is 5.73 Å². The topological polar surface area (TPSA) is 38.9 Å². The predicted molar refractivity (Wildman–Crippen MR) is 63.6 cm³/mol. The van der Waals surface area contributed by atoms with Gasteiger partial charge in [-0.25, -0.2) is 0 Å². The van der Waals surface area contributed by atoms with Crippen molar-refractivity contribution in [2.24, 2.45) is 0 Å². The molecule has 76 valence electrons. The van der Waals surface area contributed by atoms with Gasteiger partial charge in [0.1, 0.15) is 0 Å².